The van der Waals surface area contributed by atoms with Gasteiger partial charge in [0.1, 0.15) is 11.4 Å². The molecule has 0 amide bonds. The fourth-order valence-corrected chi connectivity index (χ4v) is 2.73. The number of hydrogen-bond donors (Lipinski definition) is 2. The van der Waals surface area contributed by atoms with E-state index in [1.165, 1.54) is 42.9 Å². The van der Waals surface area contributed by atoms with Gasteiger partial charge >= 0.3 is 5.97 Å². The van der Waals surface area contributed by atoms with Crippen molar-refractivity contribution in [1.82, 2.24) is 9.78 Å². The minimum atomic E-state index is -1.04. The van der Waals surface area contributed by atoms with Gasteiger partial charge in [0.25, 0.3) is 5.56 Å². The van der Waals surface area contributed by atoms with Gasteiger partial charge in [0.05, 0.1) is 11.1 Å². The zero-order valence-corrected chi connectivity index (χ0v) is 14.8. The van der Waals surface area contributed by atoms with Crippen molar-refractivity contribution in [3.05, 3.63) is 76.1 Å². The molecule has 2 N–H and O–H groups in total. The molecule has 2 aromatic carbocycles. The van der Waals surface area contributed by atoms with E-state index in [1.54, 1.807) is 0 Å². The average molecular weight is 363 g/mol. The number of nitrogens with zero attached hydrogens (tertiary/aromatic N) is 2. The van der Waals surface area contributed by atoms with Crippen LogP contribution in [-0.2, 0) is 7.05 Å². The zero-order valence-electron chi connectivity index (χ0n) is 14.8. The molecule has 0 aliphatic heterocycles. The minimum absolute atomic E-state index is 0.0990. The number of carbonyl (C=O) groups is 2. The fourth-order valence-electron chi connectivity index (χ4n) is 2.73. The summed E-state index contributed by atoms with van der Waals surface area (Å²) in [5, 5.41) is 16.2. The van der Waals surface area contributed by atoms with Crippen molar-refractivity contribution in [3.8, 4) is 11.3 Å². The number of carbonyl (C=O) groups excluding carboxylic acids is 1. The highest BCUT2D eigenvalue weighted by Crippen LogP contribution is 2.27. The lowest BCUT2D eigenvalue weighted by Gasteiger charge is -2.15. The van der Waals surface area contributed by atoms with Gasteiger partial charge in [0, 0.05) is 18.3 Å². The average Bonchev–Trinajstić information content (AvgIpc) is 2.66. The van der Waals surface area contributed by atoms with Gasteiger partial charge in [-0.2, -0.15) is 5.10 Å². The summed E-state index contributed by atoms with van der Waals surface area (Å²) in [6.45, 7) is 1.38. The first-order valence-electron chi connectivity index (χ1n) is 8.16. The maximum Gasteiger partial charge on any atom is 0.335 e. The van der Waals surface area contributed by atoms with E-state index in [1.807, 2.05) is 30.3 Å². The summed E-state index contributed by atoms with van der Waals surface area (Å²) in [7, 11) is 1.51. The molecule has 0 fully saturated rings. The Morgan fingerprint density at radius 3 is 2.22 bits per heavy atom. The zero-order chi connectivity index (χ0) is 19.6. The number of hydrogen-bond acceptors (Lipinski definition) is 5. The summed E-state index contributed by atoms with van der Waals surface area (Å²) in [4.78, 5) is 36.0. The molecule has 0 aliphatic carbocycles. The Hall–Kier alpha value is -3.74. The summed E-state index contributed by atoms with van der Waals surface area (Å²) in [6.07, 6.45) is 0. The highest BCUT2D eigenvalue weighted by Gasteiger charge is 2.21. The molecule has 0 radical (unpaired) electrons. The maximum absolute atomic E-state index is 12.6. The Morgan fingerprint density at radius 1 is 1.04 bits per heavy atom. The summed E-state index contributed by atoms with van der Waals surface area (Å²) in [5.74, 6) is -1.35. The van der Waals surface area contributed by atoms with Crippen LogP contribution in [0.25, 0.3) is 11.3 Å². The smallest absolute Gasteiger partial charge is 0.335 e. The normalized spacial score (nSPS) is 10.4. The number of Topliss-reactive ketones (excluding diaryl/α,β-unsaturated/α-hetero) is 1. The molecule has 0 spiro atoms. The van der Waals surface area contributed by atoms with Gasteiger partial charge in [0.15, 0.2) is 5.78 Å². The number of aromatic nitrogens is 2. The maximum atomic E-state index is 12.6. The third kappa shape index (κ3) is 3.62. The van der Waals surface area contributed by atoms with Crippen LogP contribution in [0.3, 0.4) is 0 Å². The van der Waals surface area contributed by atoms with E-state index < -0.39 is 11.5 Å². The standard InChI is InChI=1S/C20H17N3O4/c1-12(24)16-17(13-6-4-3-5-7-13)22-23(2)19(25)18(16)21-15-10-8-14(9-11-15)20(26)27/h3-11,21H,1-2H3,(H,26,27). The molecule has 3 rings (SSSR count). The number of anilines is 2. The van der Waals surface area contributed by atoms with Crippen LogP contribution >= 0.6 is 0 Å². The van der Waals surface area contributed by atoms with Crippen LogP contribution in [0.2, 0.25) is 0 Å². The Bertz CT molecular complexity index is 1070. The molecule has 1 heterocycles. The number of carboxylic acid groups (broad SMARTS) is 1. The molecule has 0 unspecified atom stereocenters. The van der Waals surface area contributed by atoms with Crippen LogP contribution in [-0.4, -0.2) is 26.6 Å². The second-order valence-corrected chi connectivity index (χ2v) is 5.96. The predicted molar refractivity (Wildman–Crippen MR) is 102 cm³/mol. The molecular weight excluding hydrogens is 346 g/mol. The molecule has 0 saturated carbocycles. The number of aryl methyl sites for hydroxylation is 1. The van der Waals surface area contributed by atoms with E-state index in [0.717, 1.165) is 0 Å². The Kier molecular flexibility index (Phi) is 4.85. The van der Waals surface area contributed by atoms with Crippen molar-refractivity contribution < 1.29 is 14.7 Å². The number of rotatable bonds is 5. The van der Waals surface area contributed by atoms with E-state index in [4.69, 9.17) is 5.11 Å². The molecule has 7 nitrogen and oxygen atoms in total. The highest BCUT2D eigenvalue weighted by molar-refractivity contribution is 6.05. The van der Waals surface area contributed by atoms with Crippen molar-refractivity contribution in [2.75, 3.05) is 5.32 Å². The third-order valence-corrected chi connectivity index (χ3v) is 4.05. The molecule has 1 aromatic heterocycles. The third-order valence-electron chi connectivity index (χ3n) is 4.05. The minimum Gasteiger partial charge on any atom is -0.478 e. The lowest BCUT2D eigenvalue weighted by atomic mass is 10.0. The second-order valence-electron chi connectivity index (χ2n) is 5.96. The van der Waals surface area contributed by atoms with E-state index in [9.17, 15) is 14.4 Å². The number of ketones is 1. The second kappa shape index (κ2) is 7.25. The summed E-state index contributed by atoms with van der Waals surface area (Å²) < 4.78 is 1.17. The summed E-state index contributed by atoms with van der Waals surface area (Å²) >= 11 is 0. The first-order valence-corrected chi connectivity index (χ1v) is 8.16. The van der Waals surface area contributed by atoms with Gasteiger partial charge < -0.3 is 10.4 Å². The van der Waals surface area contributed by atoms with Gasteiger partial charge in [-0.05, 0) is 31.2 Å². The van der Waals surface area contributed by atoms with E-state index in [0.29, 0.717) is 16.9 Å². The first kappa shape index (κ1) is 18.1. The molecule has 0 atom stereocenters. The Labute approximate surface area is 154 Å². The van der Waals surface area contributed by atoms with Crippen LogP contribution in [0.4, 0.5) is 11.4 Å². The van der Waals surface area contributed by atoms with Gasteiger partial charge in [-0.25, -0.2) is 9.48 Å². The summed E-state index contributed by atoms with van der Waals surface area (Å²) in [5.41, 5.74) is 1.55. The number of aromatic carboxylic acids is 1. The predicted octanol–water partition coefficient (Wildman–Crippen LogP) is 3.09. The quantitative estimate of drug-likeness (QED) is 0.676. The number of carboxylic acids is 1. The van der Waals surface area contributed by atoms with Gasteiger partial charge in [0.2, 0.25) is 0 Å². The first-order chi connectivity index (χ1) is 12.9. The molecule has 0 saturated heterocycles. The van der Waals surface area contributed by atoms with Crippen molar-refractivity contribution in [2.24, 2.45) is 7.05 Å². The Morgan fingerprint density at radius 2 is 1.67 bits per heavy atom. The fraction of sp³-hybridized carbons (Fsp3) is 0.100. The van der Waals surface area contributed by atoms with Gasteiger partial charge in [-0.3, -0.25) is 9.59 Å². The molecule has 0 aliphatic rings. The van der Waals surface area contributed by atoms with Crippen LogP contribution in [0.5, 0.6) is 0 Å². The SMILES string of the molecule is CC(=O)c1c(-c2ccccc2)nn(C)c(=O)c1Nc1ccc(C(=O)O)cc1. The topological polar surface area (TPSA) is 101 Å². The summed E-state index contributed by atoms with van der Waals surface area (Å²) in [6, 6.07) is 15.0. The van der Waals surface area contributed by atoms with Gasteiger partial charge in [-0.15, -0.1) is 0 Å². The van der Waals surface area contributed by atoms with Crippen molar-refractivity contribution >= 4 is 23.1 Å². The van der Waals surface area contributed by atoms with Gasteiger partial charge in [-0.1, -0.05) is 30.3 Å². The van der Waals surface area contributed by atoms with Crippen molar-refractivity contribution in [1.29, 1.82) is 0 Å². The molecule has 0 bridgehead atoms. The van der Waals surface area contributed by atoms with Crippen LogP contribution in [0.15, 0.2) is 59.4 Å². The van der Waals surface area contributed by atoms with E-state index in [-0.39, 0.29) is 22.6 Å². The molecular formula is C20H17N3O4. The molecule has 3 aromatic rings. The van der Waals surface area contributed by atoms with Crippen molar-refractivity contribution in [2.45, 2.75) is 6.92 Å². The van der Waals surface area contributed by atoms with E-state index in [2.05, 4.69) is 10.4 Å². The van der Waals surface area contributed by atoms with Crippen molar-refractivity contribution in [3.63, 3.8) is 0 Å². The molecule has 136 valence electrons. The van der Waals surface area contributed by atoms with Crippen LogP contribution in [0.1, 0.15) is 27.6 Å². The lowest BCUT2D eigenvalue weighted by molar-refractivity contribution is 0.0696. The molecule has 7 heteroatoms. The van der Waals surface area contributed by atoms with Crippen LogP contribution in [0, 0.1) is 0 Å². The highest BCUT2D eigenvalue weighted by atomic mass is 16.4. The van der Waals surface area contributed by atoms with Crippen LogP contribution < -0.4 is 10.9 Å². The molecule has 27 heavy (non-hydrogen) atoms. The number of nitrogens with one attached hydrogen (secondary N) is 1. The monoisotopic (exact) mass is 363 g/mol. The Balaban J connectivity index is 2.16. The largest absolute Gasteiger partial charge is 0.478 e. The van der Waals surface area contributed by atoms with E-state index >= 15 is 0 Å². The number of benzene rings is 2. The lowest BCUT2D eigenvalue weighted by Crippen LogP contribution is -2.26.